The molecule has 1 fully saturated rings. The van der Waals surface area contributed by atoms with Gasteiger partial charge >= 0.3 is 6.03 Å². The highest BCUT2D eigenvalue weighted by molar-refractivity contribution is 7.08. The molecule has 0 radical (unpaired) electrons. The minimum absolute atomic E-state index is 0.0550. The van der Waals surface area contributed by atoms with Crippen molar-refractivity contribution in [3.8, 4) is 11.1 Å². The summed E-state index contributed by atoms with van der Waals surface area (Å²) in [6.07, 6.45) is 0.847. The van der Waals surface area contributed by atoms with Crippen molar-refractivity contribution >= 4 is 23.1 Å². The lowest BCUT2D eigenvalue weighted by Gasteiger charge is -2.31. The monoisotopic (exact) mass is 525 g/mol. The van der Waals surface area contributed by atoms with Crippen LogP contribution in [-0.2, 0) is 4.74 Å². The fraction of sp³-hybridized carbons (Fsp3) is 0.281. The number of carbonyl (C=O) groups excluding carboxylic acids is 1. The molecule has 0 atom stereocenters. The molecule has 0 bridgehead atoms. The highest BCUT2D eigenvalue weighted by atomic mass is 32.1. The van der Waals surface area contributed by atoms with Crippen LogP contribution in [0.5, 0.6) is 0 Å². The molecule has 1 aliphatic rings. The Labute approximate surface area is 229 Å². The van der Waals surface area contributed by atoms with E-state index in [9.17, 15) is 4.79 Å². The van der Waals surface area contributed by atoms with Crippen molar-refractivity contribution in [3.05, 3.63) is 113 Å². The highest BCUT2D eigenvalue weighted by Gasteiger charge is 2.21. The van der Waals surface area contributed by atoms with Gasteiger partial charge < -0.3 is 15.0 Å². The van der Waals surface area contributed by atoms with E-state index in [4.69, 9.17) is 4.74 Å². The van der Waals surface area contributed by atoms with E-state index in [1.807, 2.05) is 17.0 Å². The largest absolute Gasteiger partial charge is 0.379 e. The lowest BCUT2D eigenvalue weighted by Crippen LogP contribution is -2.44. The second-order valence-electron chi connectivity index (χ2n) is 9.63. The summed E-state index contributed by atoms with van der Waals surface area (Å²) >= 11 is 1.68. The number of thiophene rings is 1. The van der Waals surface area contributed by atoms with Gasteiger partial charge in [0.15, 0.2) is 0 Å². The third kappa shape index (κ3) is 7.10. The average molecular weight is 526 g/mol. The molecule has 5 rings (SSSR count). The molecule has 3 aromatic carbocycles. The molecule has 6 heteroatoms. The third-order valence-corrected chi connectivity index (χ3v) is 7.82. The molecule has 1 aliphatic heterocycles. The number of hydrogen-bond acceptors (Lipinski definition) is 4. The molecule has 1 saturated heterocycles. The van der Waals surface area contributed by atoms with Crippen LogP contribution in [0.1, 0.15) is 23.5 Å². The number of urea groups is 1. The zero-order valence-electron chi connectivity index (χ0n) is 21.7. The molecule has 0 spiro atoms. The summed E-state index contributed by atoms with van der Waals surface area (Å²) in [6.45, 7) is 5.51. The second kappa shape index (κ2) is 13.4. The van der Waals surface area contributed by atoms with Crippen LogP contribution >= 0.6 is 11.3 Å². The van der Waals surface area contributed by atoms with E-state index < -0.39 is 0 Å². The average Bonchev–Trinajstić information content (AvgIpc) is 3.52. The van der Waals surface area contributed by atoms with E-state index >= 15 is 0 Å². The van der Waals surface area contributed by atoms with Crippen molar-refractivity contribution in [1.29, 1.82) is 0 Å². The van der Waals surface area contributed by atoms with Gasteiger partial charge in [-0.15, -0.1) is 0 Å². The van der Waals surface area contributed by atoms with E-state index in [1.54, 1.807) is 11.3 Å². The zero-order valence-corrected chi connectivity index (χ0v) is 22.5. The number of benzene rings is 3. The zero-order chi connectivity index (χ0) is 26.0. The number of hydrogen-bond donors (Lipinski definition) is 1. The van der Waals surface area contributed by atoms with Crippen LogP contribution in [0.3, 0.4) is 0 Å². The smallest absolute Gasteiger partial charge is 0.321 e. The quantitative estimate of drug-likeness (QED) is 0.248. The maximum atomic E-state index is 13.6. The Hall–Kier alpha value is -3.45. The predicted molar refractivity (Wildman–Crippen MR) is 157 cm³/mol. The molecule has 2 heterocycles. The van der Waals surface area contributed by atoms with Crippen molar-refractivity contribution in [2.24, 2.45) is 0 Å². The maximum Gasteiger partial charge on any atom is 0.321 e. The fourth-order valence-corrected chi connectivity index (χ4v) is 5.66. The van der Waals surface area contributed by atoms with Gasteiger partial charge in [-0.05, 0) is 57.6 Å². The van der Waals surface area contributed by atoms with E-state index in [0.717, 1.165) is 50.5 Å². The number of nitrogens with zero attached hydrogens (tertiary/aromatic N) is 2. The summed E-state index contributed by atoms with van der Waals surface area (Å²) in [7, 11) is 0. The summed E-state index contributed by atoms with van der Waals surface area (Å²) in [5, 5.41) is 7.38. The van der Waals surface area contributed by atoms with Gasteiger partial charge in [0, 0.05) is 44.3 Å². The summed E-state index contributed by atoms with van der Waals surface area (Å²) in [4.78, 5) is 18.0. The molecule has 0 aliphatic carbocycles. The van der Waals surface area contributed by atoms with E-state index in [1.165, 1.54) is 16.7 Å². The third-order valence-electron chi connectivity index (χ3n) is 7.14. The SMILES string of the molecule is O=C(Nc1cccc(-c2ccsc2)c1)N(CCC(c1ccccc1)c1ccccc1)CCN1CCOCC1. The Morgan fingerprint density at radius 1 is 0.868 bits per heavy atom. The molecule has 38 heavy (non-hydrogen) atoms. The molecule has 1 aromatic heterocycles. The van der Waals surface area contributed by atoms with E-state index in [-0.39, 0.29) is 11.9 Å². The molecule has 2 amide bonds. The maximum absolute atomic E-state index is 13.6. The molecule has 0 unspecified atom stereocenters. The Bertz CT molecular complexity index is 1220. The Balaban J connectivity index is 1.32. The van der Waals surface area contributed by atoms with Gasteiger partial charge in [-0.25, -0.2) is 4.79 Å². The number of morpholine rings is 1. The number of carbonyl (C=O) groups is 1. The minimum Gasteiger partial charge on any atom is -0.379 e. The number of rotatable bonds is 10. The van der Waals surface area contributed by atoms with Crippen LogP contribution in [-0.4, -0.2) is 61.8 Å². The summed E-state index contributed by atoms with van der Waals surface area (Å²) in [5.41, 5.74) is 5.64. The standard InChI is InChI=1S/C32H35N3O2S/c36-32(33-30-13-7-12-28(24-30)29-15-23-38-25-29)35(18-17-34-19-21-37-22-20-34)16-14-31(26-8-3-1-4-9-26)27-10-5-2-6-11-27/h1-13,15,23-25,31H,14,16-22H2,(H,33,36). The molecule has 5 nitrogen and oxygen atoms in total. The first-order valence-corrected chi connectivity index (χ1v) is 14.3. The normalized spacial score (nSPS) is 13.9. The molecule has 1 N–H and O–H groups in total. The number of amides is 2. The summed E-state index contributed by atoms with van der Waals surface area (Å²) < 4.78 is 5.52. The predicted octanol–water partition coefficient (Wildman–Crippen LogP) is 6.80. The van der Waals surface area contributed by atoms with Crippen LogP contribution in [0.2, 0.25) is 0 Å². The van der Waals surface area contributed by atoms with Gasteiger partial charge in [-0.2, -0.15) is 11.3 Å². The van der Waals surface area contributed by atoms with Crippen molar-refractivity contribution < 1.29 is 9.53 Å². The molecule has 196 valence electrons. The first-order valence-electron chi connectivity index (χ1n) is 13.3. The summed E-state index contributed by atoms with van der Waals surface area (Å²) in [6, 6.07) is 31.4. The van der Waals surface area contributed by atoms with Crippen LogP contribution in [0.15, 0.2) is 102 Å². The van der Waals surface area contributed by atoms with Gasteiger partial charge in [0.2, 0.25) is 0 Å². The minimum atomic E-state index is -0.0550. The topological polar surface area (TPSA) is 44.8 Å². The van der Waals surface area contributed by atoms with E-state index in [2.05, 4.69) is 99.8 Å². The van der Waals surface area contributed by atoms with Gasteiger partial charge in [0.25, 0.3) is 0 Å². The van der Waals surface area contributed by atoms with Gasteiger partial charge in [-0.3, -0.25) is 4.90 Å². The fourth-order valence-electron chi connectivity index (χ4n) is 4.99. The number of anilines is 1. The van der Waals surface area contributed by atoms with E-state index in [0.29, 0.717) is 13.1 Å². The lowest BCUT2D eigenvalue weighted by atomic mass is 9.88. The highest BCUT2D eigenvalue weighted by Crippen LogP contribution is 2.29. The summed E-state index contributed by atoms with van der Waals surface area (Å²) in [5.74, 6) is 0.220. The van der Waals surface area contributed by atoms with Gasteiger partial charge in [0.1, 0.15) is 0 Å². The second-order valence-corrected chi connectivity index (χ2v) is 10.4. The Kier molecular flexibility index (Phi) is 9.21. The van der Waals surface area contributed by atoms with Crippen LogP contribution in [0.4, 0.5) is 10.5 Å². The van der Waals surface area contributed by atoms with Crippen LogP contribution in [0.25, 0.3) is 11.1 Å². The van der Waals surface area contributed by atoms with Gasteiger partial charge in [-0.1, -0.05) is 72.8 Å². The van der Waals surface area contributed by atoms with Crippen LogP contribution in [0, 0.1) is 0 Å². The van der Waals surface area contributed by atoms with Crippen molar-refractivity contribution in [3.63, 3.8) is 0 Å². The van der Waals surface area contributed by atoms with Crippen molar-refractivity contribution in [1.82, 2.24) is 9.80 Å². The Morgan fingerprint density at radius 2 is 1.58 bits per heavy atom. The lowest BCUT2D eigenvalue weighted by molar-refractivity contribution is 0.0351. The van der Waals surface area contributed by atoms with Gasteiger partial charge in [0.05, 0.1) is 13.2 Å². The first kappa shape index (κ1) is 26.2. The first-order chi connectivity index (χ1) is 18.8. The molecule has 4 aromatic rings. The number of nitrogens with one attached hydrogen (secondary N) is 1. The van der Waals surface area contributed by atoms with Crippen molar-refractivity contribution in [2.75, 3.05) is 51.3 Å². The molecular weight excluding hydrogens is 490 g/mol. The molecule has 0 saturated carbocycles. The van der Waals surface area contributed by atoms with Crippen LogP contribution < -0.4 is 5.32 Å². The number of ether oxygens (including phenoxy) is 1. The molecular formula is C32H35N3O2S. The Morgan fingerprint density at radius 3 is 2.24 bits per heavy atom. The van der Waals surface area contributed by atoms with Crippen molar-refractivity contribution in [2.45, 2.75) is 12.3 Å².